The molecule has 1 fully saturated rings. The van der Waals surface area contributed by atoms with Crippen molar-refractivity contribution < 1.29 is 14.6 Å². The Labute approximate surface area is 154 Å². The Morgan fingerprint density at radius 3 is 2.35 bits per heavy atom. The summed E-state index contributed by atoms with van der Waals surface area (Å²) in [6.07, 6.45) is 2.49. The molecule has 1 unspecified atom stereocenters. The molecule has 0 spiro atoms. The van der Waals surface area contributed by atoms with Crippen LogP contribution in [0.3, 0.4) is 0 Å². The average molecular weight is 351 g/mol. The number of likely N-dealkylation sites (tertiary alicyclic amines) is 1. The highest BCUT2D eigenvalue weighted by Crippen LogP contribution is 2.44. The van der Waals surface area contributed by atoms with Crippen molar-refractivity contribution in [1.29, 1.82) is 0 Å². The smallest absolute Gasteiger partial charge is 0.410 e. The zero-order valence-electron chi connectivity index (χ0n) is 15.1. The summed E-state index contributed by atoms with van der Waals surface area (Å²) in [4.78, 5) is 14.5. The van der Waals surface area contributed by atoms with Crippen molar-refractivity contribution >= 4 is 6.09 Å². The van der Waals surface area contributed by atoms with Crippen LogP contribution in [0.15, 0.2) is 48.5 Å². The molecule has 0 aromatic heterocycles. The van der Waals surface area contributed by atoms with E-state index in [4.69, 9.17) is 4.74 Å². The van der Waals surface area contributed by atoms with E-state index in [1.54, 1.807) is 4.90 Å². The Morgan fingerprint density at radius 2 is 1.73 bits per heavy atom. The van der Waals surface area contributed by atoms with E-state index in [0.29, 0.717) is 13.2 Å². The molecule has 4 heteroatoms. The molecule has 1 saturated heterocycles. The van der Waals surface area contributed by atoms with E-state index in [9.17, 15) is 9.90 Å². The number of carbonyl (C=O) groups excluding carboxylic acids is 1. The third-order valence-electron chi connectivity index (χ3n) is 5.90. The van der Waals surface area contributed by atoms with Crippen LogP contribution in [0.2, 0.25) is 0 Å². The standard InChI is InChI=1S/C22H25NO3/c1-22(15-24)12-6-7-13-23(22)21(25)26-14-20-18-10-4-2-8-16(18)17-9-3-5-11-19(17)20/h2-5,8-11,20,24H,6-7,12-15H2,1H3. The second-order valence-corrected chi connectivity index (χ2v) is 7.57. The molecule has 1 atom stereocenters. The molecule has 4 nitrogen and oxygen atoms in total. The first kappa shape index (κ1) is 17.1. The van der Waals surface area contributed by atoms with Crippen LogP contribution in [0.25, 0.3) is 11.1 Å². The summed E-state index contributed by atoms with van der Waals surface area (Å²) in [5.74, 6) is 0.0662. The second-order valence-electron chi connectivity index (χ2n) is 7.57. The molecule has 1 N–H and O–H groups in total. The molecule has 26 heavy (non-hydrogen) atoms. The van der Waals surface area contributed by atoms with Crippen LogP contribution < -0.4 is 0 Å². The van der Waals surface area contributed by atoms with Gasteiger partial charge in [-0.15, -0.1) is 0 Å². The lowest BCUT2D eigenvalue weighted by Crippen LogP contribution is -2.55. The van der Waals surface area contributed by atoms with E-state index in [2.05, 4.69) is 24.3 Å². The monoisotopic (exact) mass is 351 g/mol. The number of fused-ring (bicyclic) bond motifs is 3. The number of aliphatic hydroxyl groups is 1. The van der Waals surface area contributed by atoms with Crippen LogP contribution >= 0.6 is 0 Å². The molecule has 1 aliphatic heterocycles. The second kappa shape index (κ2) is 6.76. The lowest BCUT2D eigenvalue weighted by molar-refractivity contribution is 0.00466. The quantitative estimate of drug-likeness (QED) is 0.903. The topological polar surface area (TPSA) is 49.8 Å². The van der Waals surface area contributed by atoms with Crippen molar-refractivity contribution in [1.82, 2.24) is 4.90 Å². The molecule has 4 rings (SSSR count). The van der Waals surface area contributed by atoms with Crippen molar-refractivity contribution in [3.63, 3.8) is 0 Å². The predicted molar refractivity (Wildman–Crippen MR) is 101 cm³/mol. The first-order valence-electron chi connectivity index (χ1n) is 9.37. The molecule has 0 radical (unpaired) electrons. The van der Waals surface area contributed by atoms with Gasteiger partial charge >= 0.3 is 6.09 Å². The van der Waals surface area contributed by atoms with E-state index < -0.39 is 5.54 Å². The summed E-state index contributed by atoms with van der Waals surface area (Å²) in [7, 11) is 0. The Hall–Kier alpha value is -2.33. The number of hydrogen-bond acceptors (Lipinski definition) is 3. The van der Waals surface area contributed by atoms with Gasteiger partial charge in [-0.05, 0) is 48.4 Å². The summed E-state index contributed by atoms with van der Waals surface area (Å²) in [5.41, 5.74) is 4.36. The van der Waals surface area contributed by atoms with E-state index in [1.807, 2.05) is 31.2 Å². The zero-order valence-corrected chi connectivity index (χ0v) is 15.1. The maximum Gasteiger partial charge on any atom is 0.410 e. The van der Waals surface area contributed by atoms with Gasteiger partial charge in [0.15, 0.2) is 0 Å². The lowest BCUT2D eigenvalue weighted by Gasteiger charge is -2.42. The number of rotatable bonds is 3. The van der Waals surface area contributed by atoms with E-state index in [1.165, 1.54) is 22.3 Å². The molecule has 2 aromatic rings. The third-order valence-corrected chi connectivity index (χ3v) is 5.90. The highest BCUT2D eigenvalue weighted by atomic mass is 16.6. The van der Waals surface area contributed by atoms with Crippen molar-refractivity contribution in [2.24, 2.45) is 0 Å². The molecule has 0 bridgehead atoms. The third kappa shape index (κ3) is 2.78. The van der Waals surface area contributed by atoms with Crippen molar-refractivity contribution in [2.75, 3.05) is 19.8 Å². The van der Waals surface area contributed by atoms with Crippen LogP contribution in [0.4, 0.5) is 4.79 Å². The largest absolute Gasteiger partial charge is 0.448 e. The van der Waals surface area contributed by atoms with E-state index in [0.717, 1.165) is 19.3 Å². The van der Waals surface area contributed by atoms with Crippen molar-refractivity contribution in [3.05, 3.63) is 59.7 Å². The fraction of sp³-hybridized carbons (Fsp3) is 0.409. The summed E-state index contributed by atoms with van der Waals surface area (Å²) in [6.45, 7) is 2.88. The van der Waals surface area contributed by atoms with Gasteiger partial charge in [0.25, 0.3) is 0 Å². The maximum absolute atomic E-state index is 12.7. The molecule has 1 amide bonds. The Kier molecular flexibility index (Phi) is 4.45. The zero-order chi connectivity index (χ0) is 18.1. The van der Waals surface area contributed by atoms with Crippen molar-refractivity contribution in [2.45, 2.75) is 37.6 Å². The number of benzene rings is 2. The van der Waals surface area contributed by atoms with Crippen LogP contribution in [0.5, 0.6) is 0 Å². The van der Waals surface area contributed by atoms with Gasteiger partial charge in [0.05, 0.1) is 12.1 Å². The highest BCUT2D eigenvalue weighted by molar-refractivity contribution is 5.79. The van der Waals surface area contributed by atoms with Gasteiger partial charge < -0.3 is 14.7 Å². The maximum atomic E-state index is 12.7. The van der Waals surface area contributed by atoms with Gasteiger partial charge in [-0.3, -0.25) is 0 Å². The first-order valence-corrected chi connectivity index (χ1v) is 9.37. The summed E-state index contributed by atoms with van der Waals surface area (Å²) in [6, 6.07) is 16.7. The number of amides is 1. The number of piperidine rings is 1. The summed E-state index contributed by atoms with van der Waals surface area (Å²) >= 11 is 0. The highest BCUT2D eigenvalue weighted by Gasteiger charge is 2.38. The van der Waals surface area contributed by atoms with Gasteiger partial charge in [-0.1, -0.05) is 48.5 Å². The normalized spacial score (nSPS) is 22.0. The van der Waals surface area contributed by atoms with Gasteiger partial charge in [0.1, 0.15) is 6.61 Å². The van der Waals surface area contributed by atoms with Gasteiger partial charge in [-0.2, -0.15) is 0 Å². The summed E-state index contributed by atoms with van der Waals surface area (Å²) < 4.78 is 5.75. The number of aliphatic hydroxyl groups excluding tert-OH is 1. The predicted octanol–water partition coefficient (Wildman–Crippen LogP) is 4.17. The molecular formula is C22H25NO3. The Morgan fingerprint density at radius 1 is 1.12 bits per heavy atom. The van der Waals surface area contributed by atoms with Gasteiger partial charge in [0, 0.05) is 12.5 Å². The molecule has 0 saturated carbocycles. The van der Waals surface area contributed by atoms with Crippen LogP contribution in [-0.4, -0.2) is 41.4 Å². The number of ether oxygens (including phenoxy) is 1. The minimum absolute atomic E-state index is 0.0306. The van der Waals surface area contributed by atoms with E-state index in [-0.39, 0.29) is 18.6 Å². The van der Waals surface area contributed by atoms with Gasteiger partial charge in [-0.25, -0.2) is 4.79 Å². The molecule has 1 aliphatic carbocycles. The first-order chi connectivity index (χ1) is 12.6. The Bertz CT molecular complexity index is 773. The summed E-state index contributed by atoms with van der Waals surface area (Å²) in [5, 5.41) is 9.76. The fourth-order valence-corrected chi connectivity index (χ4v) is 4.33. The molecule has 2 aliphatic rings. The van der Waals surface area contributed by atoms with Crippen LogP contribution in [0, 0.1) is 0 Å². The number of carbonyl (C=O) groups is 1. The molecular weight excluding hydrogens is 326 g/mol. The van der Waals surface area contributed by atoms with E-state index >= 15 is 0 Å². The fourth-order valence-electron chi connectivity index (χ4n) is 4.33. The van der Waals surface area contributed by atoms with Crippen molar-refractivity contribution in [3.8, 4) is 11.1 Å². The minimum atomic E-state index is -0.513. The van der Waals surface area contributed by atoms with Crippen LogP contribution in [-0.2, 0) is 4.74 Å². The average Bonchev–Trinajstić information content (AvgIpc) is 3.00. The number of hydrogen-bond donors (Lipinski definition) is 1. The van der Waals surface area contributed by atoms with Crippen LogP contribution in [0.1, 0.15) is 43.2 Å². The minimum Gasteiger partial charge on any atom is -0.448 e. The molecule has 2 aromatic carbocycles. The Balaban J connectivity index is 1.54. The molecule has 1 heterocycles. The lowest BCUT2D eigenvalue weighted by atomic mass is 9.90. The van der Waals surface area contributed by atoms with Gasteiger partial charge in [0.2, 0.25) is 0 Å². The number of nitrogens with zero attached hydrogens (tertiary/aromatic N) is 1. The molecule has 136 valence electrons. The SMILES string of the molecule is CC1(CO)CCCCN1C(=O)OCC1c2ccccc2-c2ccccc21.